The summed E-state index contributed by atoms with van der Waals surface area (Å²) in [6.07, 6.45) is -0.793. The Morgan fingerprint density at radius 2 is 1.61 bits per heavy atom. The lowest BCUT2D eigenvalue weighted by Crippen LogP contribution is -2.34. The van der Waals surface area contributed by atoms with Crippen molar-refractivity contribution < 1.29 is 9.84 Å². The van der Waals surface area contributed by atoms with E-state index in [9.17, 15) is 5.11 Å². The van der Waals surface area contributed by atoms with Gasteiger partial charge in [-0.25, -0.2) is 0 Å². The van der Waals surface area contributed by atoms with Crippen LogP contribution in [0, 0.1) is 0 Å². The number of aliphatic hydroxyl groups excluding tert-OH is 1. The lowest BCUT2D eigenvalue weighted by molar-refractivity contribution is 0.0169. The molecule has 3 rings (SSSR count). The van der Waals surface area contributed by atoms with Crippen molar-refractivity contribution in [3.63, 3.8) is 0 Å². The molecule has 0 saturated heterocycles. The van der Waals surface area contributed by atoms with Gasteiger partial charge in [-0.1, -0.05) is 48.5 Å². The van der Waals surface area contributed by atoms with Gasteiger partial charge in [-0.05, 0) is 23.0 Å². The van der Waals surface area contributed by atoms with Crippen molar-refractivity contribution in [3.8, 4) is 5.75 Å². The highest BCUT2D eigenvalue weighted by atomic mass is 16.5. The van der Waals surface area contributed by atoms with Crippen LogP contribution in [-0.2, 0) is 0 Å². The molecule has 0 unspecified atom stereocenters. The van der Waals surface area contributed by atoms with Crippen molar-refractivity contribution in [2.75, 3.05) is 0 Å². The Morgan fingerprint density at radius 1 is 0.944 bits per heavy atom. The summed E-state index contributed by atoms with van der Waals surface area (Å²) in [7, 11) is 2.04. The first-order valence-corrected chi connectivity index (χ1v) is 6.26. The van der Waals surface area contributed by atoms with Crippen LogP contribution in [-0.4, -0.2) is 19.1 Å². The summed E-state index contributed by atoms with van der Waals surface area (Å²) >= 11 is 0. The zero-order valence-electron chi connectivity index (χ0n) is 10.3. The second kappa shape index (κ2) is 4.50. The minimum atomic E-state index is -0.512. The van der Waals surface area contributed by atoms with E-state index in [1.165, 1.54) is 0 Å². The van der Waals surface area contributed by atoms with E-state index >= 15 is 0 Å². The minimum Gasteiger partial charge on any atom is -0.483 e. The number of ether oxygens (including phenoxy) is 1. The Bertz CT molecular complexity index is 541. The van der Waals surface area contributed by atoms with E-state index in [0.29, 0.717) is 0 Å². The Balaban J connectivity index is 2.01. The van der Waals surface area contributed by atoms with Crippen LogP contribution in [0.5, 0.6) is 5.75 Å². The highest BCUT2D eigenvalue weighted by Gasteiger charge is 2.34. The number of rotatable bonds is 1. The fourth-order valence-corrected chi connectivity index (χ4v) is 2.52. The van der Waals surface area contributed by atoms with Gasteiger partial charge in [0.2, 0.25) is 0 Å². The van der Waals surface area contributed by atoms with Crippen molar-refractivity contribution in [1.29, 1.82) is 0 Å². The second-order valence-corrected chi connectivity index (χ2v) is 4.77. The lowest BCUT2D eigenvalue weighted by atomic mass is 9.72. The highest BCUT2D eigenvalue weighted by molar-refractivity contribution is 6.13. The van der Waals surface area contributed by atoms with E-state index in [2.05, 4.69) is 0 Å². The summed E-state index contributed by atoms with van der Waals surface area (Å²) in [6, 6.07) is 17.8. The monoisotopic (exact) mass is 238 g/mol. The highest BCUT2D eigenvalue weighted by Crippen LogP contribution is 2.40. The molecule has 1 heterocycles. The number of hydrogen-bond donors (Lipinski definition) is 1. The quantitative estimate of drug-likeness (QED) is 0.768. The molecule has 0 aliphatic carbocycles. The first kappa shape index (κ1) is 11.4. The van der Waals surface area contributed by atoms with Crippen LogP contribution in [0.4, 0.5) is 0 Å². The van der Waals surface area contributed by atoms with E-state index < -0.39 is 6.10 Å². The van der Waals surface area contributed by atoms with Crippen LogP contribution in [0.1, 0.15) is 23.0 Å². The first-order chi connectivity index (χ1) is 8.77. The minimum absolute atomic E-state index is 0.0835. The molecule has 3 atom stereocenters. The molecule has 0 amide bonds. The van der Waals surface area contributed by atoms with Gasteiger partial charge in [0.25, 0.3) is 0 Å². The molecular weight excluding hydrogens is 223 g/mol. The Kier molecular flexibility index (Phi) is 2.84. The third-order valence-electron chi connectivity index (χ3n) is 3.61. The number of hydrogen-bond acceptors (Lipinski definition) is 2. The van der Waals surface area contributed by atoms with Crippen LogP contribution in [0.3, 0.4) is 0 Å². The van der Waals surface area contributed by atoms with E-state index in [0.717, 1.165) is 16.9 Å². The molecule has 0 saturated carbocycles. The van der Waals surface area contributed by atoms with E-state index in [4.69, 9.17) is 4.74 Å². The summed E-state index contributed by atoms with van der Waals surface area (Å²) < 4.78 is 5.95. The Morgan fingerprint density at radius 3 is 2.39 bits per heavy atom. The predicted molar refractivity (Wildman–Crippen MR) is 73.5 cm³/mol. The van der Waals surface area contributed by atoms with Crippen LogP contribution in [0.15, 0.2) is 54.6 Å². The number of para-hydroxylation sites is 1. The van der Waals surface area contributed by atoms with Crippen molar-refractivity contribution in [2.45, 2.75) is 18.0 Å². The largest absolute Gasteiger partial charge is 0.483 e. The van der Waals surface area contributed by atoms with Gasteiger partial charge in [0, 0.05) is 0 Å². The third kappa shape index (κ3) is 1.81. The molecule has 1 N–H and O–H groups in total. The average Bonchev–Trinajstić information content (AvgIpc) is 2.44. The zero-order chi connectivity index (χ0) is 12.5. The molecule has 18 heavy (non-hydrogen) atoms. The van der Waals surface area contributed by atoms with Crippen molar-refractivity contribution in [3.05, 3.63) is 65.7 Å². The molecule has 2 aromatic carbocycles. The topological polar surface area (TPSA) is 29.5 Å². The molecule has 0 bridgehead atoms. The summed E-state index contributed by atoms with van der Waals surface area (Å²) in [4.78, 5) is 0. The molecule has 3 heteroatoms. The SMILES string of the molecule is B[C@H]1c2ccccc2O[C@H](c2ccccc2)[C@H]1O. The maximum Gasteiger partial charge on any atom is 0.149 e. The molecule has 2 aromatic rings. The fourth-order valence-electron chi connectivity index (χ4n) is 2.52. The fraction of sp³-hybridized carbons (Fsp3) is 0.200. The molecule has 0 fully saturated rings. The Hall–Kier alpha value is -1.74. The van der Waals surface area contributed by atoms with Gasteiger partial charge in [0.05, 0.1) is 6.10 Å². The van der Waals surface area contributed by atoms with Gasteiger partial charge in [0.1, 0.15) is 19.7 Å². The van der Waals surface area contributed by atoms with Crippen LogP contribution < -0.4 is 4.74 Å². The summed E-state index contributed by atoms with van der Waals surface area (Å²) in [5.74, 6) is 0.962. The van der Waals surface area contributed by atoms with E-state index in [1.54, 1.807) is 0 Å². The lowest BCUT2D eigenvalue weighted by Gasteiger charge is -2.35. The zero-order valence-corrected chi connectivity index (χ0v) is 10.3. The van der Waals surface area contributed by atoms with Gasteiger partial charge in [-0.15, -0.1) is 0 Å². The van der Waals surface area contributed by atoms with Gasteiger partial charge >= 0.3 is 0 Å². The maximum atomic E-state index is 10.4. The van der Waals surface area contributed by atoms with Gasteiger partial charge in [-0.2, -0.15) is 0 Å². The van der Waals surface area contributed by atoms with E-state index in [1.807, 2.05) is 62.4 Å². The van der Waals surface area contributed by atoms with Gasteiger partial charge in [-0.3, -0.25) is 0 Å². The molecule has 0 radical (unpaired) electrons. The van der Waals surface area contributed by atoms with Crippen molar-refractivity contribution in [2.24, 2.45) is 0 Å². The van der Waals surface area contributed by atoms with Crippen LogP contribution in [0.2, 0.25) is 0 Å². The van der Waals surface area contributed by atoms with E-state index in [-0.39, 0.29) is 11.9 Å². The maximum absolute atomic E-state index is 10.4. The number of aliphatic hydroxyl groups is 1. The van der Waals surface area contributed by atoms with Crippen LogP contribution in [0.25, 0.3) is 0 Å². The summed E-state index contributed by atoms with van der Waals surface area (Å²) in [5, 5.41) is 10.4. The smallest absolute Gasteiger partial charge is 0.149 e. The number of benzene rings is 2. The van der Waals surface area contributed by atoms with Crippen molar-refractivity contribution in [1.82, 2.24) is 0 Å². The van der Waals surface area contributed by atoms with Gasteiger partial charge < -0.3 is 9.84 Å². The standard InChI is InChI=1S/C15H15BO2/c16-13-11-8-4-5-9-12(11)18-15(14(13)17)10-6-2-1-3-7-10/h1-9,13-15,17H,16H2/t13-,14-,15+/m0/s1. The summed E-state index contributed by atoms with van der Waals surface area (Å²) in [6.45, 7) is 0. The molecule has 0 aromatic heterocycles. The molecule has 2 nitrogen and oxygen atoms in total. The summed E-state index contributed by atoms with van der Waals surface area (Å²) in [5.41, 5.74) is 2.10. The van der Waals surface area contributed by atoms with Crippen LogP contribution >= 0.6 is 0 Å². The molecule has 0 spiro atoms. The van der Waals surface area contributed by atoms with Crippen molar-refractivity contribution >= 4 is 7.85 Å². The molecular formula is C15H15BO2. The molecule has 90 valence electrons. The average molecular weight is 238 g/mol. The third-order valence-corrected chi connectivity index (χ3v) is 3.61. The predicted octanol–water partition coefficient (Wildman–Crippen LogP) is 1.86. The normalized spacial score (nSPS) is 26.2. The molecule has 1 aliphatic heterocycles. The van der Waals surface area contributed by atoms with Gasteiger partial charge in [0.15, 0.2) is 0 Å². The number of fused-ring (bicyclic) bond motifs is 1. The molecule has 1 aliphatic rings. The Labute approximate surface area is 108 Å². The first-order valence-electron chi connectivity index (χ1n) is 6.26. The second-order valence-electron chi connectivity index (χ2n) is 4.77.